The van der Waals surface area contributed by atoms with E-state index in [1.54, 1.807) is 6.07 Å². The van der Waals surface area contributed by atoms with Crippen molar-refractivity contribution in [3.05, 3.63) is 64.7 Å². The van der Waals surface area contributed by atoms with E-state index in [-0.39, 0.29) is 10.6 Å². The van der Waals surface area contributed by atoms with Crippen molar-refractivity contribution in [2.75, 3.05) is 6.61 Å². The molecule has 3 nitrogen and oxygen atoms in total. The first-order chi connectivity index (χ1) is 9.16. The fraction of sp³-hybridized carbons (Fsp3) is 0.133. The highest BCUT2D eigenvalue weighted by Gasteiger charge is 2.09. The van der Waals surface area contributed by atoms with Gasteiger partial charge in [-0.2, -0.15) is 0 Å². The van der Waals surface area contributed by atoms with Crippen LogP contribution in [0.4, 0.5) is 0 Å². The molecule has 0 heterocycles. The number of carbonyl (C=O) groups is 1. The van der Waals surface area contributed by atoms with Crippen LogP contribution in [0.25, 0.3) is 0 Å². The Morgan fingerprint density at radius 3 is 2.58 bits per heavy atom. The highest BCUT2D eigenvalue weighted by Crippen LogP contribution is 2.22. The van der Waals surface area contributed by atoms with Crippen LogP contribution in [0.15, 0.2) is 48.5 Å². The maximum Gasteiger partial charge on any atom is 0.337 e. The summed E-state index contributed by atoms with van der Waals surface area (Å²) in [5.74, 6) is -0.545. The summed E-state index contributed by atoms with van der Waals surface area (Å²) in [6.07, 6.45) is 0.770. The largest absolute Gasteiger partial charge is 0.493 e. The van der Waals surface area contributed by atoms with Crippen LogP contribution in [0.1, 0.15) is 15.9 Å². The van der Waals surface area contributed by atoms with Gasteiger partial charge in [-0.15, -0.1) is 0 Å². The van der Waals surface area contributed by atoms with Crippen LogP contribution in [0, 0.1) is 0 Å². The zero-order valence-electron chi connectivity index (χ0n) is 10.2. The van der Waals surface area contributed by atoms with Crippen molar-refractivity contribution >= 4 is 17.6 Å². The number of rotatable bonds is 5. The van der Waals surface area contributed by atoms with Crippen molar-refractivity contribution in [2.24, 2.45) is 0 Å². The number of carboxylic acid groups (broad SMARTS) is 1. The van der Waals surface area contributed by atoms with Gasteiger partial charge in [0.1, 0.15) is 5.75 Å². The van der Waals surface area contributed by atoms with Crippen molar-refractivity contribution in [2.45, 2.75) is 6.42 Å². The summed E-state index contributed by atoms with van der Waals surface area (Å²) in [7, 11) is 0. The standard InChI is InChI=1S/C15H13ClO3/c16-14-7-6-12(10-13(14)15(17)18)19-9-8-11-4-2-1-3-5-11/h1-7,10H,8-9H2,(H,17,18). The van der Waals surface area contributed by atoms with Gasteiger partial charge in [0.25, 0.3) is 0 Å². The molecule has 1 N–H and O–H groups in total. The molecule has 0 radical (unpaired) electrons. The summed E-state index contributed by atoms with van der Waals surface area (Å²) in [6.45, 7) is 0.491. The first kappa shape index (κ1) is 13.4. The number of hydrogen-bond donors (Lipinski definition) is 1. The SMILES string of the molecule is O=C(O)c1cc(OCCc2ccccc2)ccc1Cl. The highest BCUT2D eigenvalue weighted by molar-refractivity contribution is 6.33. The molecule has 4 heteroatoms. The fourth-order valence-electron chi connectivity index (χ4n) is 1.69. The molecular formula is C15H13ClO3. The highest BCUT2D eigenvalue weighted by atomic mass is 35.5. The summed E-state index contributed by atoms with van der Waals surface area (Å²) in [5, 5.41) is 9.16. The van der Waals surface area contributed by atoms with E-state index in [1.807, 2.05) is 30.3 Å². The van der Waals surface area contributed by atoms with Crippen molar-refractivity contribution in [1.29, 1.82) is 0 Å². The number of benzene rings is 2. The second-order valence-corrected chi connectivity index (χ2v) is 4.44. The van der Waals surface area contributed by atoms with Gasteiger partial charge in [-0.05, 0) is 23.8 Å². The molecule has 0 atom stereocenters. The van der Waals surface area contributed by atoms with Crippen molar-refractivity contribution in [1.82, 2.24) is 0 Å². The van der Waals surface area contributed by atoms with E-state index in [0.717, 1.165) is 6.42 Å². The molecule has 0 unspecified atom stereocenters. The summed E-state index contributed by atoms with van der Waals surface area (Å²) in [4.78, 5) is 10.9. The smallest absolute Gasteiger partial charge is 0.337 e. The minimum Gasteiger partial charge on any atom is -0.493 e. The molecule has 0 aliphatic carbocycles. The van der Waals surface area contributed by atoms with Crippen LogP contribution in [0.3, 0.4) is 0 Å². The van der Waals surface area contributed by atoms with E-state index < -0.39 is 5.97 Å². The minimum atomic E-state index is -1.06. The topological polar surface area (TPSA) is 46.5 Å². The lowest BCUT2D eigenvalue weighted by molar-refractivity contribution is 0.0696. The molecule has 0 bridgehead atoms. The third-order valence-corrected chi connectivity index (χ3v) is 3.00. The molecule has 0 aliphatic rings. The van der Waals surface area contributed by atoms with Crippen LogP contribution >= 0.6 is 11.6 Å². The Labute approximate surface area is 116 Å². The average Bonchev–Trinajstić information content (AvgIpc) is 2.41. The molecular weight excluding hydrogens is 264 g/mol. The van der Waals surface area contributed by atoms with Crippen molar-refractivity contribution < 1.29 is 14.6 Å². The van der Waals surface area contributed by atoms with Gasteiger partial charge in [-0.25, -0.2) is 4.79 Å². The van der Waals surface area contributed by atoms with Gasteiger partial charge in [0.15, 0.2) is 0 Å². The van der Waals surface area contributed by atoms with Gasteiger partial charge in [0.2, 0.25) is 0 Å². The molecule has 19 heavy (non-hydrogen) atoms. The second-order valence-electron chi connectivity index (χ2n) is 4.03. The first-order valence-corrected chi connectivity index (χ1v) is 6.24. The molecule has 0 aromatic heterocycles. The molecule has 2 aromatic rings. The summed E-state index contributed by atoms with van der Waals surface area (Å²) >= 11 is 5.78. The number of aromatic carboxylic acids is 1. The van der Waals surface area contributed by atoms with Gasteiger partial charge in [0.05, 0.1) is 17.2 Å². The normalized spacial score (nSPS) is 10.2. The second kappa shape index (κ2) is 6.25. The van der Waals surface area contributed by atoms with Gasteiger partial charge in [0, 0.05) is 6.42 Å². The van der Waals surface area contributed by atoms with Crippen LogP contribution in [0.5, 0.6) is 5.75 Å². The van der Waals surface area contributed by atoms with E-state index in [2.05, 4.69) is 0 Å². The predicted molar refractivity (Wildman–Crippen MR) is 74.1 cm³/mol. The van der Waals surface area contributed by atoms with E-state index in [1.165, 1.54) is 17.7 Å². The average molecular weight is 277 g/mol. The van der Waals surface area contributed by atoms with E-state index in [0.29, 0.717) is 12.4 Å². The first-order valence-electron chi connectivity index (χ1n) is 5.86. The minimum absolute atomic E-state index is 0.0545. The van der Waals surface area contributed by atoms with Crippen molar-refractivity contribution in [3.63, 3.8) is 0 Å². The lowest BCUT2D eigenvalue weighted by Gasteiger charge is -2.08. The number of ether oxygens (including phenoxy) is 1. The van der Waals surface area contributed by atoms with Gasteiger partial charge in [-0.1, -0.05) is 41.9 Å². The Morgan fingerprint density at radius 1 is 1.16 bits per heavy atom. The van der Waals surface area contributed by atoms with Gasteiger partial charge >= 0.3 is 5.97 Å². The number of hydrogen-bond acceptors (Lipinski definition) is 2. The molecule has 0 saturated heterocycles. The van der Waals surface area contributed by atoms with Crippen LogP contribution < -0.4 is 4.74 Å². The number of carboxylic acids is 1. The van der Waals surface area contributed by atoms with Gasteiger partial charge < -0.3 is 9.84 Å². The van der Waals surface area contributed by atoms with E-state index >= 15 is 0 Å². The van der Waals surface area contributed by atoms with Gasteiger partial charge in [-0.3, -0.25) is 0 Å². The summed E-state index contributed by atoms with van der Waals surface area (Å²) in [6, 6.07) is 14.6. The number of halogens is 1. The molecule has 0 aliphatic heterocycles. The van der Waals surface area contributed by atoms with Crippen LogP contribution in [-0.4, -0.2) is 17.7 Å². The third-order valence-electron chi connectivity index (χ3n) is 2.67. The molecule has 0 amide bonds. The van der Waals surface area contributed by atoms with E-state index in [4.69, 9.17) is 21.4 Å². The molecule has 98 valence electrons. The predicted octanol–water partition coefficient (Wildman–Crippen LogP) is 3.66. The Hall–Kier alpha value is -2.00. The Morgan fingerprint density at radius 2 is 1.89 bits per heavy atom. The van der Waals surface area contributed by atoms with Crippen LogP contribution in [0.2, 0.25) is 5.02 Å². The Balaban J connectivity index is 1.97. The molecule has 0 spiro atoms. The summed E-state index contributed by atoms with van der Waals surface area (Å²) in [5.41, 5.74) is 1.23. The third kappa shape index (κ3) is 3.73. The maximum absolute atomic E-state index is 10.9. The zero-order valence-corrected chi connectivity index (χ0v) is 10.9. The molecule has 0 saturated carbocycles. The van der Waals surface area contributed by atoms with E-state index in [9.17, 15) is 4.79 Å². The Kier molecular flexibility index (Phi) is 4.42. The lowest BCUT2D eigenvalue weighted by atomic mass is 10.2. The fourth-order valence-corrected chi connectivity index (χ4v) is 1.89. The lowest BCUT2D eigenvalue weighted by Crippen LogP contribution is -2.03. The zero-order chi connectivity index (χ0) is 13.7. The van der Waals surface area contributed by atoms with Crippen LogP contribution in [-0.2, 0) is 6.42 Å². The Bertz CT molecular complexity index is 567. The maximum atomic E-state index is 10.9. The summed E-state index contributed by atoms with van der Waals surface area (Å²) < 4.78 is 5.53. The quantitative estimate of drug-likeness (QED) is 0.906. The molecule has 2 rings (SSSR count). The molecule has 0 fully saturated rings. The monoisotopic (exact) mass is 276 g/mol. The molecule has 2 aromatic carbocycles. The van der Waals surface area contributed by atoms with Crippen molar-refractivity contribution in [3.8, 4) is 5.75 Å².